The van der Waals surface area contributed by atoms with Crippen molar-refractivity contribution < 1.29 is 9.16 Å². The zero-order valence-corrected chi connectivity index (χ0v) is 13.6. The minimum atomic E-state index is -1.63. The van der Waals surface area contributed by atoms with Gasteiger partial charge in [-0.3, -0.25) is 0 Å². The van der Waals surface area contributed by atoms with E-state index in [1.807, 2.05) is 31.4 Å². The molecule has 0 fully saturated rings. The van der Waals surface area contributed by atoms with Crippen molar-refractivity contribution in [1.82, 2.24) is 0 Å². The molecule has 0 aliphatic heterocycles. The molecule has 18 heavy (non-hydrogen) atoms. The number of thioether (sulfide) groups is 1. The number of rotatable bonds is 6. The second kappa shape index (κ2) is 6.90. The Labute approximate surface area is 116 Å². The van der Waals surface area contributed by atoms with Crippen molar-refractivity contribution in [3.63, 3.8) is 0 Å². The Balaban J connectivity index is 2.69. The van der Waals surface area contributed by atoms with E-state index in [-0.39, 0.29) is 0 Å². The maximum Gasteiger partial charge on any atom is 0.275 e. The summed E-state index contributed by atoms with van der Waals surface area (Å²) < 4.78 is 11.8. The Morgan fingerprint density at radius 2 is 1.78 bits per heavy atom. The van der Waals surface area contributed by atoms with Gasteiger partial charge in [0.2, 0.25) is 8.32 Å². The molecule has 0 saturated heterocycles. The number of benzene rings is 1. The molecular formula is C14H22O2SSi. The van der Waals surface area contributed by atoms with Crippen LogP contribution < -0.4 is 0 Å². The van der Waals surface area contributed by atoms with Crippen molar-refractivity contribution in [3.05, 3.63) is 46.7 Å². The van der Waals surface area contributed by atoms with Crippen molar-refractivity contribution in [1.29, 1.82) is 0 Å². The molecule has 0 atom stereocenters. The molecule has 0 heterocycles. The quantitative estimate of drug-likeness (QED) is 0.561. The minimum absolute atomic E-state index is 0.554. The molecule has 0 spiro atoms. The van der Waals surface area contributed by atoms with Gasteiger partial charge in [-0.2, -0.15) is 0 Å². The monoisotopic (exact) mass is 282 g/mol. The second-order valence-electron chi connectivity index (χ2n) is 5.04. The zero-order valence-electron chi connectivity index (χ0n) is 11.8. The molecule has 0 saturated carbocycles. The van der Waals surface area contributed by atoms with E-state index in [1.165, 1.54) is 0 Å². The Morgan fingerprint density at radius 3 is 2.28 bits per heavy atom. The number of allylic oxidation sites excluding steroid dienone is 1. The molecule has 0 bridgehead atoms. The molecule has 0 unspecified atom stereocenters. The summed E-state index contributed by atoms with van der Waals surface area (Å²) in [5.74, 6) is 0.686. The molecule has 2 nitrogen and oxygen atoms in total. The van der Waals surface area contributed by atoms with Gasteiger partial charge in [-0.15, -0.1) is 11.8 Å². The summed E-state index contributed by atoms with van der Waals surface area (Å²) in [4.78, 5) is 1.09. The fourth-order valence-corrected chi connectivity index (χ4v) is 2.40. The van der Waals surface area contributed by atoms with Crippen LogP contribution in [0.5, 0.6) is 0 Å². The third kappa shape index (κ3) is 5.64. The van der Waals surface area contributed by atoms with Crippen LogP contribution in [-0.2, 0) is 15.8 Å². The van der Waals surface area contributed by atoms with Crippen molar-refractivity contribution in [3.8, 4) is 0 Å². The molecule has 0 N–H and O–H groups in total. The molecule has 100 valence electrons. The third-order valence-electron chi connectivity index (χ3n) is 2.21. The Hall–Kier alpha value is -0.873. The first-order chi connectivity index (χ1) is 8.42. The van der Waals surface area contributed by atoms with E-state index in [2.05, 4.69) is 31.8 Å². The predicted molar refractivity (Wildman–Crippen MR) is 81.9 cm³/mol. The average molecular weight is 282 g/mol. The summed E-state index contributed by atoms with van der Waals surface area (Å²) in [5, 5.41) is 0. The predicted octanol–water partition coefficient (Wildman–Crippen LogP) is 4.61. The lowest BCUT2D eigenvalue weighted by molar-refractivity contribution is 0.0903. The van der Waals surface area contributed by atoms with Crippen molar-refractivity contribution in [2.24, 2.45) is 0 Å². The van der Waals surface area contributed by atoms with E-state index in [9.17, 15) is 0 Å². The van der Waals surface area contributed by atoms with E-state index >= 15 is 0 Å². The Bertz CT molecular complexity index is 396. The lowest BCUT2D eigenvalue weighted by Crippen LogP contribution is -2.26. The summed E-state index contributed by atoms with van der Waals surface area (Å²) in [6.07, 6.45) is 2.04. The van der Waals surface area contributed by atoms with Crippen LogP contribution in [0.1, 0.15) is 12.5 Å². The van der Waals surface area contributed by atoms with Gasteiger partial charge in [0.05, 0.1) is 4.91 Å². The molecule has 0 radical (unpaired) electrons. The lowest BCUT2D eigenvalue weighted by Gasteiger charge is -2.23. The van der Waals surface area contributed by atoms with E-state index < -0.39 is 8.32 Å². The highest BCUT2D eigenvalue weighted by Gasteiger charge is 2.20. The van der Waals surface area contributed by atoms with Crippen LogP contribution in [0.25, 0.3) is 0 Å². The highest BCUT2D eigenvalue weighted by molar-refractivity contribution is 8.02. The summed E-state index contributed by atoms with van der Waals surface area (Å²) in [7, 11) is -1.63. The van der Waals surface area contributed by atoms with Crippen LogP contribution >= 0.6 is 11.8 Å². The van der Waals surface area contributed by atoms with Gasteiger partial charge in [0.25, 0.3) is 5.95 Å². The van der Waals surface area contributed by atoms with Crippen molar-refractivity contribution in [2.45, 2.75) is 33.2 Å². The SMILES string of the molecule is CS/C(C)=C(\OCc1ccccc1)O[Si](C)(C)C. The normalized spacial score (nSPS) is 12.9. The molecular weight excluding hydrogens is 260 g/mol. The first-order valence-electron chi connectivity index (χ1n) is 6.03. The zero-order chi connectivity index (χ0) is 13.6. The Morgan fingerprint density at radius 1 is 1.17 bits per heavy atom. The van der Waals surface area contributed by atoms with Gasteiger partial charge in [-0.1, -0.05) is 30.3 Å². The molecule has 4 heteroatoms. The van der Waals surface area contributed by atoms with Gasteiger partial charge < -0.3 is 9.16 Å². The van der Waals surface area contributed by atoms with Crippen LogP contribution in [0.3, 0.4) is 0 Å². The highest BCUT2D eigenvalue weighted by atomic mass is 32.2. The van der Waals surface area contributed by atoms with Crippen LogP contribution in [0.4, 0.5) is 0 Å². The summed E-state index contributed by atoms with van der Waals surface area (Å²) >= 11 is 1.66. The maximum atomic E-state index is 5.99. The fourth-order valence-electron chi connectivity index (χ4n) is 1.29. The van der Waals surface area contributed by atoms with E-state index in [0.717, 1.165) is 10.5 Å². The maximum absolute atomic E-state index is 5.99. The van der Waals surface area contributed by atoms with Gasteiger partial charge in [0.15, 0.2) is 0 Å². The molecule has 0 aromatic heterocycles. The summed E-state index contributed by atoms with van der Waals surface area (Å²) in [5.41, 5.74) is 1.16. The topological polar surface area (TPSA) is 18.5 Å². The van der Waals surface area contributed by atoms with Gasteiger partial charge in [-0.25, -0.2) is 0 Å². The lowest BCUT2D eigenvalue weighted by atomic mass is 10.2. The molecule has 1 rings (SSSR count). The summed E-state index contributed by atoms with van der Waals surface area (Å²) in [6.45, 7) is 9.06. The molecule has 0 aliphatic carbocycles. The number of hydrogen-bond donors (Lipinski definition) is 0. The van der Waals surface area contributed by atoms with E-state index in [4.69, 9.17) is 9.16 Å². The van der Waals surface area contributed by atoms with Crippen molar-refractivity contribution >= 4 is 20.1 Å². The standard InChI is InChI=1S/C14H22O2SSi/c1-12(17-2)14(16-18(3,4)5)15-11-13-9-7-6-8-10-13/h6-10H,11H2,1-5H3/b14-12+. The van der Waals surface area contributed by atoms with Gasteiger partial charge in [0.1, 0.15) is 6.61 Å². The second-order valence-corrected chi connectivity index (χ2v) is 10.5. The van der Waals surface area contributed by atoms with Gasteiger partial charge in [0, 0.05) is 0 Å². The molecule has 1 aromatic carbocycles. The van der Waals surface area contributed by atoms with E-state index in [0.29, 0.717) is 12.6 Å². The highest BCUT2D eigenvalue weighted by Crippen LogP contribution is 2.22. The average Bonchev–Trinajstić information content (AvgIpc) is 2.33. The van der Waals surface area contributed by atoms with Crippen LogP contribution in [0.15, 0.2) is 41.2 Å². The smallest absolute Gasteiger partial charge is 0.275 e. The first-order valence-corrected chi connectivity index (χ1v) is 10.7. The van der Waals surface area contributed by atoms with E-state index in [1.54, 1.807) is 11.8 Å². The number of hydrogen-bond acceptors (Lipinski definition) is 3. The fraction of sp³-hybridized carbons (Fsp3) is 0.429. The van der Waals surface area contributed by atoms with Crippen molar-refractivity contribution in [2.75, 3.05) is 6.26 Å². The molecule has 1 aromatic rings. The van der Waals surface area contributed by atoms with Gasteiger partial charge in [-0.05, 0) is 38.4 Å². The molecule has 0 amide bonds. The van der Waals surface area contributed by atoms with Gasteiger partial charge >= 0.3 is 0 Å². The summed E-state index contributed by atoms with van der Waals surface area (Å²) in [6, 6.07) is 10.2. The van der Waals surface area contributed by atoms with Crippen LogP contribution in [0.2, 0.25) is 19.6 Å². The minimum Gasteiger partial charge on any atom is -0.519 e. The Kier molecular flexibility index (Phi) is 5.82. The van der Waals surface area contributed by atoms with Crippen LogP contribution in [-0.4, -0.2) is 14.6 Å². The van der Waals surface area contributed by atoms with Crippen LogP contribution in [0, 0.1) is 0 Å². The molecule has 0 aliphatic rings. The first kappa shape index (κ1) is 15.2. The largest absolute Gasteiger partial charge is 0.519 e. The third-order valence-corrected chi connectivity index (χ3v) is 3.78. The number of ether oxygens (including phenoxy) is 1.